The molecule has 24 heavy (non-hydrogen) atoms. The molecule has 0 saturated carbocycles. The molecule has 0 aliphatic rings. The first-order chi connectivity index (χ1) is 11.3. The van der Waals surface area contributed by atoms with E-state index in [9.17, 15) is 14.9 Å². The van der Waals surface area contributed by atoms with Crippen molar-refractivity contribution in [3.63, 3.8) is 0 Å². The van der Waals surface area contributed by atoms with Crippen LogP contribution in [0.4, 0.5) is 4.79 Å². The van der Waals surface area contributed by atoms with Crippen LogP contribution in [0.3, 0.4) is 0 Å². The van der Waals surface area contributed by atoms with E-state index in [0.29, 0.717) is 13.1 Å². The highest BCUT2D eigenvalue weighted by atomic mass is 16.6. The minimum atomic E-state index is -0.537. The summed E-state index contributed by atoms with van der Waals surface area (Å²) in [6.45, 7) is 6.35. The van der Waals surface area contributed by atoms with Gasteiger partial charge in [-0.05, 0) is 26.8 Å². The summed E-state index contributed by atoms with van der Waals surface area (Å²) in [5, 5.41) is 14.2. The third-order valence-corrected chi connectivity index (χ3v) is 3.22. The largest absolute Gasteiger partial charge is 0.444 e. The molecule has 0 unspecified atom stereocenters. The molecule has 7 nitrogen and oxygen atoms in total. The van der Waals surface area contributed by atoms with Gasteiger partial charge in [0.1, 0.15) is 5.60 Å². The maximum absolute atomic E-state index is 11.7. The number of ether oxygens (including phenoxy) is 1. The van der Waals surface area contributed by atoms with E-state index in [-0.39, 0.29) is 0 Å². The quantitative estimate of drug-likeness (QED) is 0.672. The number of rotatable bonds is 5. The number of para-hydroxylation sites is 1. The van der Waals surface area contributed by atoms with Gasteiger partial charge in [-0.2, -0.15) is 0 Å². The number of alkyl carbamates (subject to hydrolysis) is 1. The predicted molar refractivity (Wildman–Crippen MR) is 92.2 cm³/mol. The number of carbonyl (C=O) groups excluding carboxylic acids is 1. The van der Waals surface area contributed by atoms with Gasteiger partial charge in [-0.15, -0.1) is 0 Å². The monoisotopic (exact) mass is 331 g/mol. The molecular weight excluding hydrogens is 310 g/mol. The molecule has 2 rings (SSSR count). The van der Waals surface area contributed by atoms with Gasteiger partial charge in [0.25, 0.3) is 0 Å². The van der Waals surface area contributed by atoms with E-state index < -0.39 is 16.6 Å². The molecule has 0 fully saturated rings. The summed E-state index contributed by atoms with van der Waals surface area (Å²) in [7, 11) is 0. The van der Waals surface area contributed by atoms with Crippen molar-refractivity contribution in [1.29, 1.82) is 0 Å². The van der Waals surface area contributed by atoms with Crippen LogP contribution in [-0.4, -0.2) is 27.7 Å². The van der Waals surface area contributed by atoms with Gasteiger partial charge < -0.3 is 14.6 Å². The van der Waals surface area contributed by atoms with E-state index in [1.165, 1.54) is 6.08 Å². The Hall–Kier alpha value is -2.83. The molecule has 1 aromatic heterocycles. The lowest BCUT2D eigenvalue weighted by molar-refractivity contribution is -0.400. The van der Waals surface area contributed by atoms with Crippen LogP contribution >= 0.6 is 0 Å². The van der Waals surface area contributed by atoms with Crippen LogP contribution in [-0.2, 0) is 11.3 Å². The molecule has 1 aromatic carbocycles. The second-order valence-corrected chi connectivity index (χ2v) is 6.32. The third-order valence-electron chi connectivity index (χ3n) is 3.22. The summed E-state index contributed by atoms with van der Waals surface area (Å²) in [6.07, 6.45) is 3.76. The summed E-state index contributed by atoms with van der Waals surface area (Å²) < 4.78 is 7.14. The fraction of sp³-hybridized carbons (Fsp3) is 0.353. The number of fused-ring (bicyclic) bond motifs is 1. The molecule has 128 valence electrons. The Kier molecular flexibility index (Phi) is 5.23. The highest BCUT2D eigenvalue weighted by molar-refractivity contribution is 5.89. The summed E-state index contributed by atoms with van der Waals surface area (Å²) >= 11 is 0. The molecule has 0 atom stereocenters. The van der Waals surface area contributed by atoms with Gasteiger partial charge in [0.15, 0.2) is 0 Å². The average molecular weight is 331 g/mol. The molecule has 7 heteroatoms. The molecule has 0 aliphatic heterocycles. The fourth-order valence-electron chi connectivity index (χ4n) is 2.33. The van der Waals surface area contributed by atoms with Crippen molar-refractivity contribution in [3.05, 3.63) is 52.3 Å². The molecule has 0 saturated heterocycles. The first-order valence-corrected chi connectivity index (χ1v) is 7.63. The zero-order valence-electron chi connectivity index (χ0n) is 14.0. The van der Waals surface area contributed by atoms with Gasteiger partial charge >= 0.3 is 6.09 Å². The van der Waals surface area contributed by atoms with Crippen LogP contribution in [0.5, 0.6) is 0 Å². The number of benzene rings is 1. The Labute approximate surface area is 140 Å². The van der Waals surface area contributed by atoms with Crippen molar-refractivity contribution >= 4 is 23.1 Å². The van der Waals surface area contributed by atoms with Gasteiger partial charge in [0.2, 0.25) is 6.20 Å². The Morgan fingerprint density at radius 2 is 2.08 bits per heavy atom. The van der Waals surface area contributed by atoms with Crippen molar-refractivity contribution in [2.24, 2.45) is 0 Å². The molecular formula is C17H21N3O4. The lowest BCUT2D eigenvalue weighted by Gasteiger charge is -2.19. The first kappa shape index (κ1) is 17.5. The second kappa shape index (κ2) is 7.16. The minimum Gasteiger partial charge on any atom is -0.444 e. The zero-order chi connectivity index (χ0) is 17.7. The van der Waals surface area contributed by atoms with E-state index in [4.69, 9.17) is 4.74 Å². The number of hydrogen-bond acceptors (Lipinski definition) is 4. The van der Waals surface area contributed by atoms with E-state index in [0.717, 1.165) is 22.7 Å². The molecule has 1 N–H and O–H groups in total. The molecule has 0 bridgehead atoms. The first-order valence-electron chi connectivity index (χ1n) is 7.63. The van der Waals surface area contributed by atoms with Gasteiger partial charge in [-0.3, -0.25) is 10.1 Å². The maximum Gasteiger partial charge on any atom is 0.407 e. The van der Waals surface area contributed by atoms with Crippen LogP contribution in [0.2, 0.25) is 0 Å². The number of nitrogens with zero attached hydrogens (tertiary/aromatic N) is 2. The fourth-order valence-corrected chi connectivity index (χ4v) is 2.33. The Bertz CT molecular complexity index is 772. The van der Waals surface area contributed by atoms with Gasteiger partial charge in [-0.25, -0.2) is 4.79 Å². The lowest BCUT2D eigenvalue weighted by Crippen LogP contribution is -2.34. The average Bonchev–Trinajstić information content (AvgIpc) is 2.82. The summed E-state index contributed by atoms with van der Waals surface area (Å²) in [5.74, 6) is 0. The molecule has 0 spiro atoms. The van der Waals surface area contributed by atoms with Crippen molar-refractivity contribution < 1.29 is 14.5 Å². The smallest absolute Gasteiger partial charge is 0.407 e. The number of nitrogens with one attached hydrogen (secondary N) is 1. The van der Waals surface area contributed by atoms with Crippen molar-refractivity contribution in [3.8, 4) is 0 Å². The molecule has 1 heterocycles. The summed E-state index contributed by atoms with van der Waals surface area (Å²) in [5.41, 5.74) is 1.18. The van der Waals surface area contributed by atoms with Gasteiger partial charge in [0.05, 0.1) is 4.92 Å². The third kappa shape index (κ3) is 4.84. The number of hydrogen-bond donors (Lipinski definition) is 1. The lowest BCUT2D eigenvalue weighted by atomic mass is 10.2. The molecule has 2 aromatic rings. The molecule has 0 aliphatic carbocycles. The van der Waals surface area contributed by atoms with Crippen molar-refractivity contribution in [2.75, 3.05) is 6.54 Å². The Morgan fingerprint density at radius 3 is 2.75 bits per heavy atom. The summed E-state index contributed by atoms with van der Waals surface area (Å²) in [6, 6.07) is 7.63. The number of aromatic nitrogens is 1. The van der Waals surface area contributed by atoms with Crippen LogP contribution in [0.15, 0.2) is 36.7 Å². The van der Waals surface area contributed by atoms with Gasteiger partial charge in [0, 0.05) is 41.8 Å². The molecule has 0 radical (unpaired) electrons. The van der Waals surface area contributed by atoms with Crippen LogP contribution in [0.25, 0.3) is 17.0 Å². The highest BCUT2D eigenvalue weighted by Gasteiger charge is 2.15. The Morgan fingerprint density at radius 1 is 1.38 bits per heavy atom. The maximum atomic E-state index is 11.7. The standard InChI is InChI=1S/C17H21N3O4/c1-17(2,3)24-16(21)18-9-11-19-12-13(8-10-20(22)23)14-6-4-5-7-15(14)19/h4-8,10,12H,9,11H2,1-3H3,(H,18,21)/b10-8+. The van der Waals surface area contributed by atoms with Crippen LogP contribution < -0.4 is 5.32 Å². The van der Waals surface area contributed by atoms with Crippen LogP contribution in [0, 0.1) is 10.1 Å². The second-order valence-electron chi connectivity index (χ2n) is 6.32. The van der Waals surface area contributed by atoms with Gasteiger partial charge in [-0.1, -0.05) is 18.2 Å². The Balaban J connectivity index is 2.09. The zero-order valence-corrected chi connectivity index (χ0v) is 14.0. The number of carbonyl (C=O) groups is 1. The van der Waals surface area contributed by atoms with E-state index in [1.807, 2.05) is 35.0 Å². The number of amides is 1. The van der Waals surface area contributed by atoms with E-state index in [2.05, 4.69) is 5.32 Å². The summed E-state index contributed by atoms with van der Waals surface area (Å²) in [4.78, 5) is 21.7. The van der Waals surface area contributed by atoms with E-state index >= 15 is 0 Å². The van der Waals surface area contributed by atoms with Crippen molar-refractivity contribution in [1.82, 2.24) is 9.88 Å². The van der Waals surface area contributed by atoms with E-state index in [1.54, 1.807) is 20.8 Å². The predicted octanol–water partition coefficient (Wildman–Crippen LogP) is 3.41. The number of nitro groups is 1. The minimum absolute atomic E-state index is 0.395. The molecule has 1 amide bonds. The SMILES string of the molecule is CC(C)(C)OC(=O)NCCn1cc(/C=C/[N+](=O)[O-])c2ccccc21. The normalized spacial score (nSPS) is 11.8. The highest BCUT2D eigenvalue weighted by Crippen LogP contribution is 2.22. The van der Waals surface area contributed by atoms with Crippen molar-refractivity contribution in [2.45, 2.75) is 32.9 Å². The van der Waals surface area contributed by atoms with Crippen LogP contribution in [0.1, 0.15) is 26.3 Å². The topological polar surface area (TPSA) is 86.4 Å².